The summed E-state index contributed by atoms with van der Waals surface area (Å²) < 4.78 is 6.79. The van der Waals surface area contributed by atoms with Crippen molar-refractivity contribution in [2.24, 2.45) is 0 Å². The van der Waals surface area contributed by atoms with Crippen LogP contribution in [-0.4, -0.2) is 71.7 Å². The highest BCUT2D eigenvalue weighted by atomic mass is 16.5. The Balaban J connectivity index is 1.44. The van der Waals surface area contributed by atoms with Gasteiger partial charge in [-0.3, -0.25) is 14.5 Å². The number of amides is 1. The van der Waals surface area contributed by atoms with E-state index < -0.39 is 0 Å². The fourth-order valence-corrected chi connectivity index (χ4v) is 4.45. The molecule has 1 aliphatic rings. The number of ether oxygens (including phenoxy) is 1. The Kier molecular flexibility index (Phi) is 7.07. The number of benzene rings is 1. The van der Waals surface area contributed by atoms with E-state index in [1.54, 1.807) is 17.9 Å². The molecule has 0 aliphatic carbocycles. The lowest BCUT2D eigenvalue weighted by Gasteiger charge is -2.34. The van der Waals surface area contributed by atoms with Gasteiger partial charge in [-0.25, -0.2) is 0 Å². The molecule has 1 fully saturated rings. The molecule has 1 amide bonds. The van der Waals surface area contributed by atoms with E-state index in [4.69, 9.17) is 4.74 Å². The third kappa shape index (κ3) is 4.79. The number of piperazine rings is 1. The molecule has 32 heavy (non-hydrogen) atoms. The van der Waals surface area contributed by atoms with Crippen LogP contribution in [0.25, 0.3) is 10.9 Å². The number of aromatic nitrogens is 2. The number of rotatable bonds is 8. The monoisotopic (exact) mass is 436 g/mol. The smallest absolute Gasteiger partial charge is 0.263 e. The van der Waals surface area contributed by atoms with E-state index in [2.05, 4.69) is 16.0 Å². The summed E-state index contributed by atoms with van der Waals surface area (Å²) >= 11 is 0. The fourth-order valence-electron chi connectivity index (χ4n) is 4.45. The topological polar surface area (TPSA) is 70.6 Å². The SMILES string of the molecule is COCCCN1CCN(C(=O)c2c(C)ccn(CCc3c[nH]c4ccccc34)c2=O)CC1. The molecular weight excluding hydrogens is 404 g/mol. The van der Waals surface area contributed by atoms with E-state index in [9.17, 15) is 9.59 Å². The summed E-state index contributed by atoms with van der Waals surface area (Å²) in [5, 5.41) is 1.17. The second kappa shape index (κ2) is 10.1. The van der Waals surface area contributed by atoms with Crippen molar-refractivity contribution in [1.29, 1.82) is 0 Å². The van der Waals surface area contributed by atoms with Crippen LogP contribution < -0.4 is 5.56 Å². The predicted octanol–water partition coefficient (Wildman–Crippen LogP) is 2.68. The molecule has 1 aliphatic heterocycles. The second-order valence-corrected chi connectivity index (χ2v) is 8.46. The minimum Gasteiger partial charge on any atom is -0.385 e. The first-order valence-corrected chi connectivity index (χ1v) is 11.3. The number of pyridine rings is 1. The molecule has 0 bridgehead atoms. The molecule has 1 saturated heterocycles. The van der Waals surface area contributed by atoms with Crippen LogP contribution in [0.15, 0.2) is 47.5 Å². The van der Waals surface area contributed by atoms with Crippen molar-refractivity contribution in [2.75, 3.05) is 46.4 Å². The van der Waals surface area contributed by atoms with E-state index in [0.29, 0.717) is 25.2 Å². The molecule has 7 heteroatoms. The summed E-state index contributed by atoms with van der Waals surface area (Å²) in [4.78, 5) is 33.9. The average molecular weight is 437 g/mol. The Hall–Kier alpha value is -2.90. The zero-order valence-electron chi connectivity index (χ0n) is 19.0. The van der Waals surface area contributed by atoms with Gasteiger partial charge in [-0.15, -0.1) is 0 Å². The van der Waals surface area contributed by atoms with Gasteiger partial charge in [-0.2, -0.15) is 0 Å². The highest BCUT2D eigenvalue weighted by molar-refractivity contribution is 5.95. The van der Waals surface area contributed by atoms with E-state index in [1.165, 1.54) is 10.9 Å². The molecule has 1 aromatic carbocycles. The number of H-pyrrole nitrogens is 1. The van der Waals surface area contributed by atoms with Crippen LogP contribution in [0.2, 0.25) is 0 Å². The van der Waals surface area contributed by atoms with E-state index in [1.807, 2.05) is 42.3 Å². The van der Waals surface area contributed by atoms with Crippen LogP contribution >= 0.6 is 0 Å². The summed E-state index contributed by atoms with van der Waals surface area (Å²) in [5.74, 6) is -0.148. The fraction of sp³-hybridized carbons (Fsp3) is 0.440. The predicted molar refractivity (Wildman–Crippen MR) is 126 cm³/mol. The van der Waals surface area contributed by atoms with Crippen LogP contribution in [0.1, 0.15) is 27.9 Å². The average Bonchev–Trinajstić information content (AvgIpc) is 3.22. The van der Waals surface area contributed by atoms with E-state index >= 15 is 0 Å². The van der Waals surface area contributed by atoms with Gasteiger partial charge in [0.15, 0.2) is 0 Å². The summed E-state index contributed by atoms with van der Waals surface area (Å²) in [6.07, 6.45) is 5.52. The molecular formula is C25H32N4O3. The van der Waals surface area contributed by atoms with Gasteiger partial charge in [-0.05, 0) is 43.0 Å². The van der Waals surface area contributed by atoms with Crippen LogP contribution in [0, 0.1) is 6.92 Å². The first-order valence-electron chi connectivity index (χ1n) is 11.3. The van der Waals surface area contributed by atoms with Crippen LogP contribution in [0.5, 0.6) is 0 Å². The normalized spacial score (nSPS) is 14.9. The van der Waals surface area contributed by atoms with Gasteiger partial charge in [0.25, 0.3) is 11.5 Å². The number of para-hydroxylation sites is 1. The highest BCUT2D eigenvalue weighted by Gasteiger charge is 2.25. The number of carbonyl (C=O) groups is 1. The van der Waals surface area contributed by atoms with E-state index in [-0.39, 0.29) is 11.5 Å². The van der Waals surface area contributed by atoms with Gasteiger partial charge < -0.3 is 19.2 Å². The molecule has 2 aromatic heterocycles. The minimum atomic E-state index is -0.197. The number of nitrogens with one attached hydrogen (secondary N) is 1. The maximum atomic E-state index is 13.2. The molecule has 0 atom stereocenters. The van der Waals surface area contributed by atoms with Gasteiger partial charge in [0.1, 0.15) is 5.56 Å². The number of carbonyl (C=O) groups excluding carboxylic acids is 1. The van der Waals surface area contributed by atoms with Gasteiger partial charge in [-0.1, -0.05) is 18.2 Å². The van der Waals surface area contributed by atoms with Crippen LogP contribution in [0.3, 0.4) is 0 Å². The number of nitrogens with zero attached hydrogens (tertiary/aromatic N) is 3. The Morgan fingerprint density at radius 1 is 1.09 bits per heavy atom. The van der Waals surface area contributed by atoms with Crippen LogP contribution in [0.4, 0.5) is 0 Å². The third-order valence-corrected chi connectivity index (χ3v) is 6.37. The van der Waals surface area contributed by atoms with Crippen molar-refractivity contribution in [3.05, 3.63) is 69.8 Å². The minimum absolute atomic E-state index is 0.148. The zero-order valence-corrected chi connectivity index (χ0v) is 19.0. The lowest BCUT2D eigenvalue weighted by molar-refractivity contribution is 0.0621. The third-order valence-electron chi connectivity index (χ3n) is 6.37. The summed E-state index contributed by atoms with van der Waals surface area (Å²) in [5.41, 5.74) is 3.11. The number of hydrogen-bond acceptors (Lipinski definition) is 4. The first kappa shape index (κ1) is 22.3. The van der Waals surface area contributed by atoms with Crippen molar-refractivity contribution < 1.29 is 9.53 Å². The summed E-state index contributed by atoms with van der Waals surface area (Å²) in [6, 6.07) is 10.0. The zero-order chi connectivity index (χ0) is 22.5. The number of methoxy groups -OCH3 is 1. The summed E-state index contributed by atoms with van der Waals surface area (Å²) in [7, 11) is 1.71. The largest absolute Gasteiger partial charge is 0.385 e. The molecule has 0 saturated carbocycles. The molecule has 4 rings (SSSR count). The maximum absolute atomic E-state index is 13.2. The van der Waals surface area contributed by atoms with Crippen molar-refractivity contribution in [3.8, 4) is 0 Å². The van der Waals surface area contributed by atoms with Crippen molar-refractivity contribution in [1.82, 2.24) is 19.4 Å². The van der Waals surface area contributed by atoms with Crippen molar-refractivity contribution in [3.63, 3.8) is 0 Å². The van der Waals surface area contributed by atoms with Crippen molar-refractivity contribution >= 4 is 16.8 Å². The lowest BCUT2D eigenvalue weighted by Crippen LogP contribution is -2.50. The molecule has 1 N–H and O–H groups in total. The number of aromatic amines is 1. The molecule has 7 nitrogen and oxygen atoms in total. The molecule has 0 radical (unpaired) electrons. The number of fused-ring (bicyclic) bond motifs is 1. The van der Waals surface area contributed by atoms with Gasteiger partial charge in [0, 0.05) is 76.3 Å². The molecule has 3 heterocycles. The molecule has 170 valence electrons. The van der Waals surface area contributed by atoms with E-state index in [0.717, 1.165) is 50.2 Å². The summed E-state index contributed by atoms with van der Waals surface area (Å²) in [6.45, 7) is 7.06. The Morgan fingerprint density at radius 3 is 2.66 bits per heavy atom. The lowest BCUT2D eigenvalue weighted by atomic mass is 10.1. The number of aryl methyl sites for hydroxylation is 3. The van der Waals surface area contributed by atoms with Gasteiger partial charge in [0.05, 0.1) is 0 Å². The Morgan fingerprint density at radius 2 is 1.88 bits per heavy atom. The van der Waals surface area contributed by atoms with Gasteiger partial charge >= 0.3 is 0 Å². The van der Waals surface area contributed by atoms with Gasteiger partial charge in [0.2, 0.25) is 0 Å². The Bertz CT molecular complexity index is 1130. The molecule has 0 spiro atoms. The molecule has 3 aromatic rings. The van der Waals surface area contributed by atoms with Crippen LogP contribution in [-0.2, 0) is 17.7 Å². The maximum Gasteiger partial charge on any atom is 0.263 e. The quantitative estimate of drug-likeness (QED) is 0.551. The highest BCUT2D eigenvalue weighted by Crippen LogP contribution is 2.18. The molecule has 0 unspecified atom stereocenters. The first-order chi connectivity index (χ1) is 15.6. The Labute approximate surface area is 188 Å². The standard InChI is InChI=1S/C25H32N4O3/c1-19-8-11-28(12-9-20-18-26-22-7-4-3-6-21(20)22)24(30)23(19)25(31)29-15-13-27(14-16-29)10-5-17-32-2/h3-4,6-8,11,18,26H,5,9-10,12-17H2,1-2H3. The number of hydrogen-bond donors (Lipinski definition) is 1. The van der Waals surface area contributed by atoms with Crippen molar-refractivity contribution in [2.45, 2.75) is 26.3 Å². The second-order valence-electron chi connectivity index (χ2n) is 8.46.